The van der Waals surface area contributed by atoms with Crippen molar-refractivity contribution in [2.75, 3.05) is 46.5 Å². The Balaban J connectivity index is 1.75. The monoisotopic (exact) mass is 298 g/mol. The van der Waals surface area contributed by atoms with Gasteiger partial charge in [0, 0.05) is 26.2 Å². The highest BCUT2D eigenvalue weighted by Crippen LogP contribution is 2.23. The highest BCUT2D eigenvalue weighted by atomic mass is 32.1. The average molecular weight is 298 g/mol. The lowest BCUT2D eigenvalue weighted by atomic mass is 10.1. The van der Waals surface area contributed by atoms with E-state index in [1.54, 1.807) is 7.11 Å². The van der Waals surface area contributed by atoms with Gasteiger partial charge in [-0.05, 0) is 17.4 Å². The largest absolute Gasteiger partial charge is 0.495 e. The first kappa shape index (κ1) is 15.3. The minimum atomic E-state index is -0.0503. The third-order valence-electron chi connectivity index (χ3n) is 3.34. The Morgan fingerprint density at radius 2 is 2.30 bits per heavy atom. The van der Waals surface area contributed by atoms with Gasteiger partial charge in [0.25, 0.3) is 5.91 Å². The molecule has 0 aliphatic carbocycles. The van der Waals surface area contributed by atoms with Crippen LogP contribution in [0.3, 0.4) is 0 Å². The molecule has 20 heavy (non-hydrogen) atoms. The Labute approximate surface area is 123 Å². The smallest absolute Gasteiger partial charge is 0.265 e. The molecule has 0 saturated carbocycles. The van der Waals surface area contributed by atoms with E-state index in [1.165, 1.54) is 11.3 Å². The molecule has 0 radical (unpaired) electrons. The second-order valence-corrected chi connectivity index (χ2v) is 5.96. The molecule has 1 aliphatic heterocycles. The predicted octanol–water partition coefficient (Wildman–Crippen LogP) is 1.45. The van der Waals surface area contributed by atoms with Crippen LogP contribution in [-0.4, -0.2) is 57.3 Å². The van der Waals surface area contributed by atoms with E-state index in [4.69, 9.17) is 9.47 Å². The van der Waals surface area contributed by atoms with Crippen LogP contribution in [0.4, 0.5) is 0 Å². The van der Waals surface area contributed by atoms with Crippen molar-refractivity contribution in [3.8, 4) is 5.75 Å². The summed E-state index contributed by atoms with van der Waals surface area (Å²) in [4.78, 5) is 15.1. The summed E-state index contributed by atoms with van der Waals surface area (Å²) in [5.74, 6) is 1.02. The molecule has 5 nitrogen and oxygen atoms in total. The van der Waals surface area contributed by atoms with E-state index in [1.807, 2.05) is 11.4 Å². The van der Waals surface area contributed by atoms with Crippen LogP contribution >= 0.6 is 11.3 Å². The first-order chi connectivity index (χ1) is 9.70. The fraction of sp³-hybridized carbons (Fsp3) is 0.643. The molecule has 1 aromatic rings. The quantitative estimate of drug-likeness (QED) is 0.864. The highest BCUT2D eigenvalue weighted by Gasteiger charge is 2.17. The number of carbonyl (C=O) groups excluding carboxylic acids is 1. The number of hydrogen-bond donors (Lipinski definition) is 1. The maximum atomic E-state index is 12.1. The lowest BCUT2D eigenvalue weighted by Crippen LogP contribution is -2.41. The number of ether oxygens (including phenoxy) is 2. The third kappa shape index (κ3) is 4.19. The summed E-state index contributed by atoms with van der Waals surface area (Å²) in [6.45, 7) is 7.41. The van der Waals surface area contributed by atoms with Crippen LogP contribution in [0.15, 0.2) is 11.4 Å². The first-order valence-corrected chi connectivity index (χ1v) is 7.78. The topological polar surface area (TPSA) is 50.8 Å². The van der Waals surface area contributed by atoms with Crippen LogP contribution < -0.4 is 10.1 Å². The lowest BCUT2D eigenvalue weighted by molar-refractivity contribution is 0.0317. The van der Waals surface area contributed by atoms with Crippen LogP contribution in [-0.2, 0) is 4.74 Å². The molecule has 0 aromatic carbocycles. The van der Waals surface area contributed by atoms with Crippen molar-refractivity contribution in [1.82, 2.24) is 10.2 Å². The second-order valence-electron chi connectivity index (χ2n) is 5.05. The molecule has 2 rings (SSSR count). The number of nitrogens with zero attached hydrogens (tertiary/aromatic N) is 1. The summed E-state index contributed by atoms with van der Waals surface area (Å²) in [6, 6.07) is 1.82. The zero-order valence-electron chi connectivity index (χ0n) is 12.1. The third-order valence-corrected chi connectivity index (χ3v) is 4.23. The number of nitrogens with one attached hydrogen (secondary N) is 1. The summed E-state index contributed by atoms with van der Waals surface area (Å²) >= 11 is 1.41. The Morgan fingerprint density at radius 3 is 3.00 bits per heavy atom. The molecule has 6 heteroatoms. The fourth-order valence-corrected chi connectivity index (χ4v) is 3.03. The normalized spacial score (nSPS) is 17.7. The molecule has 1 unspecified atom stereocenters. The minimum Gasteiger partial charge on any atom is -0.495 e. The second kappa shape index (κ2) is 7.61. The van der Waals surface area contributed by atoms with E-state index in [9.17, 15) is 4.79 Å². The van der Waals surface area contributed by atoms with Crippen molar-refractivity contribution >= 4 is 17.2 Å². The number of morpholine rings is 1. The summed E-state index contributed by atoms with van der Waals surface area (Å²) in [5, 5.41) is 4.85. The van der Waals surface area contributed by atoms with Crippen LogP contribution in [0.25, 0.3) is 0 Å². The highest BCUT2D eigenvalue weighted by molar-refractivity contribution is 7.12. The molecule has 1 aromatic heterocycles. The Hall–Kier alpha value is -1.11. The summed E-state index contributed by atoms with van der Waals surface area (Å²) in [7, 11) is 1.58. The van der Waals surface area contributed by atoms with E-state index in [0.29, 0.717) is 23.1 Å². The zero-order valence-corrected chi connectivity index (χ0v) is 12.9. The predicted molar refractivity (Wildman–Crippen MR) is 79.6 cm³/mol. The van der Waals surface area contributed by atoms with Gasteiger partial charge in [0.15, 0.2) is 0 Å². The SMILES string of the molecule is COc1ccsc1C(=O)NCC(C)CN1CCOCC1. The number of rotatable bonds is 6. The van der Waals surface area contributed by atoms with Gasteiger partial charge in [0.2, 0.25) is 0 Å². The maximum Gasteiger partial charge on any atom is 0.265 e. The van der Waals surface area contributed by atoms with E-state index >= 15 is 0 Å². The van der Waals surface area contributed by atoms with E-state index in [0.717, 1.165) is 32.8 Å². The van der Waals surface area contributed by atoms with Gasteiger partial charge >= 0.3 is 0 Å². The maximum absolute atomic E-state index is 12.1. The van der Waals surface area contributed by atoms with Crippen LogP contribution in [0.2, 0.25) is 0 Å². The fourth-order valence-electron chi connectivity index (χ4n) is 2.26. The van der Waals surface area contributed by atoms with E-state index in [2.05, 4.69) is 17.1 Å². The number of methoxy groups -OCH3 is 1. The molecule has 1 atom stereocenters. The van der Waals surface area contributed by atoms with Crippen molar-refractivity contribution in [3.05, 3.63) is 16.3 Å². The van der Waals surface area contributed by atoms with Crippen molar-refractivity contribution in [1.29, 1.82) is 0 Å². The number of hydrogen-bond acceptors (Lipinski definition) is 5. The van der Waals surface area contributed by atoms with Gasteiger partial charge in [-0.3, -0.25) is 9.69 Å². The number of thiophene rings is 1. The van der Waals surface area contributed by atoms with Crippen LogP contribution in [0.5, 0.6) is 5.75 Å². The molecular formula is C14H22N2O3S. The van der Waals surface area contributed by atoms with Gasteiger partial charge in [-0.1, -0.05) is 6.92 Å². The summed E-state index contributed by atoms with van der Waals surface area (Å²) < 4.78 is 10.5. The lowest BCUT2D eigenvalue weighted by Gasteiger charge is -2.29. The van der Waals surface area contributed by atoms with Gasteiger partial charge in [0.05, 0.1) is 20.3 Å². The Kier molecular flexibility index (Phi) is 5.82. The molecular weight excluding hydrogens is 276 g/mol. The molecule has 2 heterocycles. The molecule has 1 N–H and O–H groups in total. The van der Waals surface area contributed by atoms with Crippen molar-refractivity contribution in [3.63, 3.8) is 0 Å². The summed E-state index contributed by atoms with van der Waals surface area (Å²) in [5.41, 5.74) is 0. The average Bonchev–Trinajstić information content (AvgIpc) is 2.94. The van der Waals surface area contributed by atoms with Gasteiger partial charge in [-0.25, -0.2) is 0 Å². The molecule has 1 saturated heterocycles. The number of carbonyl (C=O) groups is 1. The zero-order chi connectivity index (χ0) is 14.4. The molecule has 1 amide bonds. The molecule has 1 fully saturated rings. The molecule has 1 aliphatic rings. The summed E-state index contributed by atoms with van der Waals surface area (Å²) in [6.07, 6.45) is 0. The Bertz CT molecular complexity index is 430. The van der Waals surface area contributed by atoms with E-state index in [-0.39, 0.29) is 5.91 Å². The van der Waals surface area contributed by atoms with E-state index < -0.39 is 0 Å². The van der Waals surface area contributed by atoms with Crippen LogP contribution in [0, 0.1) is 5.92 Å². The molecule has 112 valence electrons. The van der Waals surface area contributed by atoms with Gasteiger partial charge in [0.1, 0.15) is 10.6 Å². The van der Waals surface area contributed by atoms with Crippen molar-refractivity contribution < 1.29 is 14.3 Å². The van der Waals surface area contributed by atoms with Gasteiger partial charge < -0.3 is 14.8 Å². The van der Waals surface area contributed by atoms with Crippen molar-refractivity contribution in [2.45, 2.75) is 6.92 Å². The Morgan fingerprint density at radius 1 is 1.55 bits per heavy atom. The minimum absolute atomic E-state index is 0.0503. The van der Waals surface area contributed by atoms with Crippen LogP contribution in [0.1, 0.15) is 16.6 Å². The molecule has 0 spiro atoms. The van der Waals surface area contributed by atoms with Crippen molar-refractivity contribution in [2.24, 2.45) is 5.92 Å². The first-order valence-electron chi connectivity index (χ1n) is 6.90. The molecule has 0 bridgehead atoms. The van der Waals surface area contributed by atoms with Gasteiger partial charge in [-0.2, -0.15) is 0 Å². The number of amides is 1. The van der Waals surface area contributed by atoms with Gasteiger partial charge in [-0.15, -0.1) is 11.3 Å². The standard InChI is InChI=1S/C14H22N2O3S/c1-11(10-16-4-6-19-7-5-16)9-15-14(17)13-12(18-2)3-8-20-13/h3,8,11H,4-7,9-10H2,1-2H3,(H,15,17).